The molecule has 1 aliphatic heterocycles. The van der Waals surface area contributed by atoms with Gasteiger partial charge in [-0.05, 0) is 45.4 Å². The summed E-state index contributed by atoms with van der Waals surface area (Å²) in [7, 11) is 0. The summed E-state index contributed by atoms with van der Waals surface area (Å²) in [6, 6.07) is 0. The van der Waals surface area contributed by atoms with E-state index < -0.39 is 0 Å². The van der Waals surface area contributed by atoms with E-state index in [-0.39, 0.29) is 29.9 Å². The van der Waals surface area contributed by atoms with Crippen LogP contribution in [-0.4, -0.2) is 64.6 Å². The number of ether oxygens (including phenoxy) is 3. The minimum atomic E-state index is -0.155. The molecule has 26 heavy (non-hydrogen) atoms. The summed E-state index contributed by atoms with van der Waals surface area (Å²) >= 11 is 0. The van der Waals surface area contributed by atoms with Gasteiger partial charge in [0.05, 0.1) is 6.61 Å². The molecular weight excluding hydrogens is 449 g/mol. The van der Waals surface area contributed by atoms with Gasteiger partial charge in [0.15, 0.2) is 5.96 Å². The Morgan fingerprint density at radius 3 is 2.65 bits per heavy atom. The lowest BCUT2D eigenvalue weighted by molar-refractivity contribution is -0.143. The third kappa shape index (κ3) is 13.6. The quantitative estimate of drug-likeness (QED) is 0.145. The number of nitrogens with one attached hydrogen (secondary N) is 2. The number of carbonyl (C=O) groups is 1. The molecule has 1 rings (SSSR count). The van der Waals surface area contributed by atoms with Gasteiger partial charge in [0, 0.05) is 52.5 Å². The Morgan fingerprint density at radius 2 is 1.96 bits per heavy atom. The van der Waals surface area contributed by atoms with E-state index in [9.17, 15) is 4.79 Å². The maximum absolute atomic E-state index is 11.3. The predicted molar refractivity (Wildman–Crippen MR) is 114 cm³/mol. The zero-order chi connectivity index (χ0) is 18.2. The van der Waals surface area contributed by atoms with Crippen molar-refractivity contribution < 1.29 is 19.0 Å². The zero-order valence-electron chi connectivity index (χ0n) is 16.3. The van der Waals surface area contributed by atoms with E-state index in [4.69, 9.17) is 14.2 Å². The van der Waals surface area contributed by atoms with Crippen LogP contribution < -0.4 is 10.6 Å². The van der Waals surface area contributed by atoms with E-state index in [1.54, 1.807) is 0 Å². The molecule has 0 spiro atoms. The zero-order valence-corrected chi connectivity index (χ0v) is 18.6. The summed E-state index contributed by atoms with van der Waals surface area (Å²) in [6.45, 7) is 9.85. The molecule has 2 N–H and O–H groups in total. The summed E-state index contributed by atoms with van der Waals surface area (Å²) in [5, 5.41) is 6.50. The lowest BCUT2D eigenvalue weighted by Gasteiger charge is -2.21. The van der Waals surface area contributed by atoms with Crippen LogP contribution in [0.3, 0.4) is 0 Å². The highest BCUT2D eigenvalue weighted by Gasteiger charge is 2.13. The number of nitrogens with zero attached hydrogens (tertiary/aromatic N) is 1. The van der Waals surface area contributed by atoms with Gasteiger partial charge in [0.25, 0.3) is 0 Å². The van der Waals surface area contributed by atoms with Crippen LogP contribution >= 0.6 is 24.0 Å². The molecule has 0 bridgehead atoms. The molecule has 1 saturated heterocycles. The van der Waals surface area contributed by atoms with Gasteiger partial charge in [0.1, 0.15) is 0 Å². The second-order valence-corrected chi connectivity index (χ2v) is 6.08. The number of guanidine groups is 1. The second-order valence-electron chi connectivity index (χ2n) is 6.08. The smallest absolute Gasteiger partial charge is 0.305 e. The van der Waals surface area contributed by atoms with E-state index in [2.05, 4.69) is 15.6 Å². The van der Waals surface area contributed by atoms with E-state index in [1.807, 2.05) is 13.8 Å². The highest BCUT2D eigenvalue weighted by atomic mass is 127. The molecule has 8 heteroatoms. The molecule has 0 aliphatic carbocycles. The minimum absolute atomic E-state index is 0. The van der Waals surface area contributed by atoms with Gasteiger partial charge in [-0.3, -0.25) is 9.79 Å². The van der Waals surface area contributed by atoms with E-state index in [0.29, 0.717) is 31.9 Å². The molecule has 154 valence electrons. The molecule has 0 radical (unpaired) electrons. The summed E-state index contributed by atoms with van der Waals surface area (Å²) in [5.74, 6) is 1.29. The van der Waals surface area contributed by atoms with E-state index in [0.717, 1.165) is 64.7 Å². The normalized spacial score (nSPS) is 15.2. The van der Waals surface area contributed by atoms with Crippen LogP contribution in [0.1, 0.15) is 46.0 Å². The SMILES string of the molecule is CCNC(=NCCCC(=O)OCC)NCCCOCC1CCOCC1.I. The fourth-order valence-corrected chi connectivity index (χ4v) is 2.53. The van der Waals surface area contributed by atoms with Gasteiger partial charge >= 0.3 is 5.97 Å². The Balaban J connectivity index is 0.00000625. The Hall–Kier alpha value is -0.610. The van der Waals surface area contributed by atoms with Gasteiger partial charge < -0.3 is 24.8 Å². The molecule has 1 heterocycles. The first kappa shape index (κ1) is 25.4. The summed E-state index contributed by atoms with van der Waals surface area (Å²) in [4.78, 5) is 15.7. The number of carbonyl (C=O) groups excluding carboxylic acids is 1. The number of esters is 1. The third-order valence-corrected chi connectivity index (χ3v) is 3.91. The number of aliphatic imine (C=N–C) groups is 1. The predicted octanol–water partition coefficient (Wildman–Crippen LogP) is 2.34. The van der Waals surface area contributed by atoms with Crippen LogP contribution in [0.15, 0.2) is 4.99 Å². The van der Waals surface area contributed by atoms with E-state index >= 15 is 0 Å². The van der Waals surface area contributed by atoms with Crippen molar-refractivity contribution in [3.05, 3.63) is 0 Å². The molecule has 0 atom stereocenters. The number of rotatable bonds is 12. The van der Waals surface area contributed by atoms with Crippen LogP contribution in [0.5, 0.6) is 0 Å². The largest absolute Gasteiger partial charge is 0.466 e. The van der Waals surface area contributed by atoms with Crippen molar-refractivity contribution in [1.29, 1.82) is 0 Å². The van der Waals surface area contributed by atoms with Crippen LogP contribution in [0.4, 0.5) is 0 Å². The first-order chi connectivity index (χ1) is 12.3. The highest BCUT2D eigenvalue weighted by molar-refractivity contribution is 14.0. The molecule has 0 aromatic heterocycles. The Kier molecular flexibility index (Phi) is 17.4. The first-order valence-electron chi connectivity index (χ1n) is 9.59. The fraction of sp³-hybridized carbons (Fsp3) is 0.889. The average Bonchev–Trinajstić information content (AvgIpc) is 2.62. The fourth-order valence-electron chi connectivity index (χ4n) is 2.53. The minimum Gasteiger partial charge on any atom is -0.466 e. The second kappa shape index (κ2) is 17.8. The first-order valence-corrected chi connectivity index (χ1v) is 9.59. The maximum Gasteiger partial charge on any atom is 0.305 e. The Bertz CT molecular complexity index is 377. The lowest BCUT2D eigenvalue weighted by atomic mass is 10.0. The van der Waals surface area contributed by atoms with Crippen molar-refractivity contribution in [2.45, 2.75) is 46.0 Å². The summed E-state index contributed by atoms with van der Waals surface area (Å²) < 4.78 is 16.0. The van der Waals surface area contributed by atoms with Crippen molar-refractivity contribution in [2.24, 2.45) is 10.9 Å². The molecule has 1 aliphatic rings. The monoisotopic (exact) mass is 485 g/mol. The van der Waals surface area contributed by atoms with Crippen molar-refractivity contribution in [3.63, 3.8) is 0 Å². The molecular formula is C18H36IN3O4. The Morgan fingerprint density at radius 1 is 1.19 bits per heavy atom. The van der Waals surface area contributed by atoms with Crippen LogP contribution in [0, 0.1) is 5.92 Å². The van der Waals surface area contributed by atoms with Crippen molar-refractivity contribution in [3.8, 4) is 0 Å². The van der Waals surface area contributed by atoms with E-state index in [1.165, 1.54) is 0 Å². The standard InChI is InChI=1S/C18H35N3O4.HI/c1-3-19-18(20-10-5-7-17(22)25-4-2)21-11-6-12-24-15-16-8-13-23-14-9-16;/h16H,3-15H2,1-2H3,(H2,19,20,21);1H. The molecule has 0 unspecified atom stereocenters. The van der Waals surface area contributed by atoms with Gasteiger partial charge in [-0.2, -0.15) is 0 Å². The third-order valence-electron chi connectivity index (χ3n) is 3.91. The molecule has 0 saturated carbocycles. The Labute approximate surface area is 175 Å². The topological polar surface area (TPSA) is 81.2 Å². The number of hydrogen-bond donors (Lipinski definition) is 2. The van der Waals surface area contributed by atoms with Gasteiger partial charge in [-0.15, -0.1) is 24.0 Å². The van der Waals surface area contributed by atoms with Gasteiger partial charge in [-0.25, -0.2) is 0 Å². The van der Waals surface area contributed by atoms with Crippen LogP contribution in [-0.2, 0) is 19.0 Å². The lowest BCUT2D eigenvalue weighted by Crippen LogP contribution is -2.38. The van der Waals surface area contributed by atoms with Crippen LogP contribution in [0.2, 0.25) is 0 Å². The van der Waals surface area contributed by atoms with Gasteiger partial charge in [-0.1, -0.05) is 0 Å². The molecule has 0 amide bonds. The summed E-state index contributed by atoms with van der Waals surface area (Å²) in [6.07, 6.45) is 4.28. The van der Waals surface area contributed by atoms with Gasteiger partial charge in [0.2, 0.25) is 0 Å². The van der Waals surface area contributed by atoms with Crippen molar-refractivity contribution in [2.75, 3.05) is 52.7 Å². The van der Waals surface area contributed by atoms with Crippen LogP contribution in [0.25, 0.3) is 0 Å². The number of hydrogen-bond acceptors (Lipinski definition) is 5. The molecule has 0 aromatic carbocycles. The molecule has 0 aromatic rings. The average molecular weight is 485 g/mol. The van der Waals surface area contributed by atoms with Crippen molar-refractivity contribution >= 4 is 35.9 Å². The van der Waals surface area contributed by atoms with Crippen molar-refractivity contribution in [1.82, 2.24) is 10.6 Å². The number of halogens is 1. The molecule has 1 fully saturated rings. The highest BCUT2D eigenvalue weighted by Crippen LogP contribution is 2.14. The maximum atomic E-state index is 11.3. The molecule has 7 nitrogen and oxygen atoms in total. The summed E-state index contributed by atoms with van der Waals surface area (Å²) in [5.41, 5.74) is 0.